The van der Waals surface area contributed by atoms with Crippen LogP contribution in [0.15, 0.2) is 36.5 Å². The van der Waals surface area contributed by atoms with E-state index in [1.165, 1.54) is 0 Å². The fourth-order valence-corrected chi connectivity index (χ4v) is 4.30. The van der Waals surface area contributed by atoms with E-state index in [0.717, 1.165) is 34.2 Å². The molecular weight excluding hydrogens is 472 g/mol. The van der Waals surface area contributed by atoms with E-state index in [2.05, 4.69) is 40.9 Å². The lowest BCUT2D eigenvalue weighted by Gasteiger charge is -2.47. The first kappa shape index (κ1) is 24.4. The zero-order chi connectivity index (χ0) is 26.2. The number of aryl methyl sites for hydroxylation is 4. The highest BCUT2D eigenvalue weighted by molar-refractivity contribution is 5.88. The van der Waals surface area contributed by atoms with Crippen LogP contribution in [-0.4, -0.2) is 66.6 Å². The van der Waals surface area contributed by atoms with Crippen molar-refractivity contribution in [2.75, 3.05) is 30.4 Å². The molecule has 0 bridgehead atoms. The summed E-state index contributed by atoms with van der Waals surface area (Å²) in [6.45, 7) is 8.79. The third kappa shape index (κ3) is 5.00. The molecule has 5 heterocycles. The summed E-state index contributed by atoms with van der Waals surface area (Å²) in [5, 5.41) is 17.7. The Morgan fingerprint density at radius 1 is 1.08 bits per heavy atom. The first-order valence-electron chi connectivity index (χ1n) is 12.0. The topological polar surface area (TPSA) is 139 Å². The summed E-state index contributed by atoms with van der Waals surface area (Å²) in [5.41, 5.74) is 3.60. The van der Waals surface area contributed by atoms with E-state index in [1.807, 2.05) is 62.9 Å². The Hall–Kier alpha value is -4.32. The van der Waals surface area contributed by atoms with Crippen LogP contribution in [0.25, 0.3) is 5.82 Å². The second-order valence-corrected chi connectivity index (χ2v) is 9.36. The number of carbonyl (C=O) groups excluding carboxylic acids is 1. The van der Waals surface area contributed by atoms with Gasteiger partial charge in [-0.2, -0.15) is 15.2 Å². The van der Waals surface area contributed by atoms with Gasteiger partial charge in [0.2, 0.25) is 5.95 Å². The number of carbonyl (C=O) groups is 1. The predicted octanol–water partition coefficient (Wildman–Crippen LogP) is 2.28. The van der Waals surface area contributed by atoms with Gasteiger partial charge in [0.1, 0.15) is 5.82 Å². The number of methoxy groups -OCH3 is 1. The van der Waals surface area contributed by atoms with Gasteiger partial charge < -0.3 is 20.3 Å². The molecule has 4 aromatic rings. The molecule has 1 amide bonds. The average molecular weight is 503 g/mol. The van der Waals surface area contributed by atoms with Gasteiger partial charge in [-0.05, 0) is 45.4 Å². The number of aromatic amines is 1. The van der Waals surface area contributed by atoms with Crippen molar-refractivity contribution in [3.8, 4) is 5.82 Å². The Bertz CT molecular complexity index is 1420. The van der Waals surface area contributed by atoms with Crippen LogP contribution in [0.3, 0.4) is 0 Å². The van der Waals surface area contributed by atoms with E-state index in [-0.39, 0.29) is 5.91 Å². The molecule has 1 saturated heterocycles. The number of pyridine rings is 1. The summed E-state index contributed by atoms with van der Waals surface area (Å²) >= 11 is 0. The quantitative estimate of drug-likeness (QED) is 0.331. The van der Waals surface area contributed by atoms with E-state index >= 15 is 0 Å². The number of ether oxygens (including phenoxy) is 1. The standard InChI is InChI=1S/C25H30N10O2/c1-15-9-20(29-21-10-16(2)31-32-21)30-24(28-15)34-13-25(14-34,37-5)23(36)27-12-19-6-7-22(26-11-19)35-18(4)8-17(3)33-35/h6-11H,12-14H2,1-5H3,(H,27,36)(H2,28,29,30,31,32). The summed E-state index contributed by atoms with van der Waals surface area (Å²) in [7, 11) is 1.55. The molecule has 0 unspecified atom stereocenters. The summed E-state index contributed by atoms with van der Waals surface area (Å²) in [4.78, 5) is 28.6. The van der Waals surface area contributed by atoms with E-state index < -0.39 is 5.60 Å². The van der Waals surface area contributed by atoms with Gasteiger partial charge in [-0.15, -0.1) is 0 Å². The summed E-state index contributed by atoms with van der Waals surface area (Å²) in [5.74, 6) is 2.38. The van der Waals surface area contributed by atoms with Gasteiger partial charge >= 0.3 is 0 Å². The molecule has 4 aromatic heterocycles. The lowest BCUT2D eigenvalue weighted by Crippen LogP contribution is -2.70. The van der Waals surface area contributed by atoms with Gasteiger partial charge in [0.05, 0.1) is 18.8 Å². The maximum Gasteiger partial charge on any atom is 0.256 e. The Morgan fingerprint density at radius 2 is 1.89 bits per heavy atom. The van der Waals surface area contributed by atoms with Crippen LogP contribution in [0.4, 0.5) is 17.6 Å². The molecule has 0 aliphatic carbocycles. The third-order valence-corrected chi connectivity index (χ3v) is 6.27. The Balaban J connectivity index is 1.20. The number of nitrogens with one attached hydrogen (secondary N) is 3. The zero-order valence-corrected chi connectivity index (χ0v) is 21.5. The molecular formula is C25H30N10O2. The molecule has 5 rings (SSSR count). The molecule has 0 aromatic carbocycles. The molecule has 1 fully saturated rings. The molecule has 1 aliphatic heterocycles. The second kappa shape index (κ2) is 9.62. The van der Waals surface area contributed by atoms with Crippen LogP contribution in [-0.2, 0) is 16.1 Å². The normalized spacial score (nSPS) is 14.4. The molecule has 1 aliphatic rings. The van der Waals surface area contributed by atoms with Gasteiger partial charge in [-0.1, -0.05) is 6.07 Å². The molecule has 192 valence electrons. The minimum absolute atomic E-state index is 0.188. The number of hydrogen-bond acceptors (Lipinski definition) is 9. The fourth-order valence-electron chi connectivity index (χ4n) is 4.30. The first-order chi connectivity index (χ1) is 17.7. The van der Waals surface area contributed by atoms with Crippen molar-refractivity contribution < 1.29 is 9.53 Å². The van der Waals surface area contributed by atoms with Crippen LogP contribution in [0, 0.1) is 27.7 Å². The van der Waals surface area contributed by atoms with Crippen LogP contribution >= 0.6 is 0 Å². The summed E-state index contributed by atoms with van der Waals surface area (Å²) < 4.78 is 7.46. The summed E-state index contributed by atoms with van der Waals surface area (Å²) in [6, 6.07) is 9.56. The Morgan fingerprint density at radius 3 is 2.51 bits per heavy atom. The van der Waals surface area contributed by atoms with Crippen molar-refractivity contribution in [3.05, 3.63) is 64.9 Å². The monoisotopic (exact) mass is 502 g/mol. The van der Waals surface area contributed by atoms with Crippen LogP contribution in [0.1, 0.15) is 28.3 Å². The average Bonchev–Trinajstić information content (AvgIpc) is 3.40. The number of hydrogen-bond donors (Lipinski definition) is 3. The number of H-pyrrole nitrogens is 1. The maximum absolute atomic E-state index is 13.1. The van der Waals surface area contributed by atoms with Crippen molar-refractivity contribution in [1.29, 1.82) is 0 Å². The lowest BCUT2D eigenvalue weighted by molar-refractivity contribution is -0.146. The van der Waals surface area contributed by atoms with E-state index in [1.54, 1.807) is 18.0 Å². The number of nitrogens with zero attached hydrogens (tertiary/aromatic N) is 7. The number of rotatable bonds is 8. The third-order valence-electron chi connectivity index (χ3n) is 6.27. The highest BCUT2D eigenvalue weighted by atomic mass is 16.5. The molecule has 3 N–H and O–H groups in total. The first-order valence-corrected chi connectivity index (χ1v) is 12.0. The molecule has 0 spiro atoms. The van der Waals surface area contributed by atoms with Crippen LogP contribution in [0.2, 0.25) is 0 Å². The van der Waals surface area contributed by atoms with Crippen molar-refractivity contribution in [3.63, 3.8) is 0 Å². The lowest BCUT2D eigenvalue weighted by atomic mass is 9.93. The minimum Gasteiger partial charge on any atom is -0.365 e. The molecule has 0 atom stereocenters. The van der Waals surface area contributed by atoms with Crippen molar-refractivity contribution >= 4 is 23.5 Å². The van der Waals surface area contributed by atoms with Crippen molar-refractivity contribution in [1.82, 2.24) is 40.2 Å². The van der Waals surface area contributed by atoms with E-state index in [4.69, 9.17) is 4.74 Å². The molecule has 0 saturated carbocycles. The SMILES string of the molecule is COC1(C(=O)NCc2ccc(-n3nc(C)cc3C)nc2)CN(c2nc(C)cc(Nc3cc(C)[nH]n3)n2)C1. The van der Waals surface area contributed by atoms with Crippen LogP contribution in [0.5, 0.6) is 0 Å². The molecule has 0 radical (unpaired) electrons. The van der Waals surface area contributed by atoms with E-state index in [9.17, 15) is 4.79 Å². The van der Waals surface area contributed by atoms with Crippen LogP contribution < -0.4 is 15.5 Å². The van der Waals surface area contributed by atoms with Gasteiger partial charge in [0.25, 0.3) is 5.91 Å². The maximum atomic E-state index is 13.1. The smallest absolute Gasteiger partial charge is 0.256 e. The highest BCUT2D eigenvalue weighted by Gasteiger charge is 2.51. The van der Waals surface area contributed by atoms with Crippen molar-refractivity contribution in [2.24, 2.45) is 0 Å². The molecule has 12 nitrogen and oxygen atoms in total. The Labute approximate surface area is 214 Å². The van der Waals surface area contributed by atoms with Gasteiger partial charge in [0.15, 0.2) is 17.2 Å². The Kier molecular flexibility index (Phi) is 6.34. The van der Waals surface area contributed by atoms with Gasteiger partial charge in [-0.25, -0.2) is 14.6 Å². The van der Waals surface area contributed by atoms with E-state index in [0.29, 0.717) is 37.2 Å². The molecule has 12 heteroatoms. The number of amides is 1. The highest BCUT2D eigenvalue weighted by Crippen LogP contribution is 2.30. The van der Waals surface area contributed by atoms with Gasteiger partial charge in [-0.3, -0.25) is 9.89 Å². The largest absolute Gasteiger partial charge is 0.365 e. The number of aromatic nitrogens is 7. The fraction of sp³-hybridized carbons (Fsp3) is 0.360. The van der Waals surface area contributed by atoms with Crippen molar-refractivity contribution in [2.45, 2.75) is 39.8 Å². The minimum atomic E-state index is -0.975. The zero-order valence-electron chi connectivity index (χ0n) is 21.5. The number of anilines is 3. The van der Waals surface area contributed by atoms with Gasteiger partial charge in [0, 0.05) is 49.1 Å². The predicted molar refractivity (Wildman–Crippen MR) is 138 cm³/mol. The second-order valence-electron chi connectivity index (χ2n) is 9.36. The summed E-state index contributed by atoms with van der Waals surface area (Å²) in [6.07, 6.45) is 1.74. The molecule has 37 heavy (non-hydrogen) atoms.